The lowest BCUT2D eigenvalue weighted by molar-refractivity contribution is 0.0950. The molecule has 1 fully saturated rings. The van der Waals surface area contributed by atoms with E-state index in [0.717, 1.165) is 31.4 Å². The minimum Gasteiger partial charge on any atom is -0.348 e. The maximum atomic E-state index is 12.6. The minimum atomic E-state index is -3.52. The molecule has 0 unspecified atom stereocenters. The van der Waals surface area contributed by atoms with Crippen molar-refractivity contribution >= 4 is 15.9 Å². The average Bonchev–Trinajstić information content (AvgIpc) is 3.32. The number of rotatable bonds is 7. The molecule has 1 amide bonds. The van der Waals surface area contributed by atoms with Crippen LogP contribution in [0.1, 0.15) is 42.1 Å². The molecule has 1 aliphatic heterocycles. The number of hydrogen-bond donors (Lipinski definition) is 1. The Bertz CT molecular complexity index is 870. The Balaban J connectivity index is 1.67. The molecule has 140 valence electrons. The van der Waals surface area contributed by atoms with Crippen LogP contribution in [0, 0.1) is 0 Å². The molecule has 2 heterocycles. The molecule has 1 aliphatic rings. The number of aromatic nitrogens is 2. The van der Waals surface area contributed by atoms with E-state index in [9.17, 15) is 13.2 Å². The van der Waals surface area contributed by atoms with E-state index < -0.39 is 10.0 Å². The van der Waals surface area contributed by atoms with Crippen molar-refractivity contribution in [3.8, 4) is 0 Å². The summed E-state index contributed by atoms with van der Waals surface area (Å²) in [6.45, 7) is 4.35. The van der Waals surface area contributed by atoms with E-state index in [1.807, 2.05) is 10.9 Å². The van der Waals surface area contributed by atoms with Gasteiger partial charge in [0.05, 0.1) is 11.1 Å². The molecular formula is C18H24N4O3S. The topological polar surface area (TPSA) is 84.3 Å². The second kappa shape index (κ2) is 8.01. The zero-order valence-corrected chi connectivity index (χ0v) is 15.7. The fraction of sp³-hybridized carbons (Fsp3) is 0.444. The van der Waals surface area contributed by atoms with E-state index in [1.54, 1.807) is 24.4 Å². The second-order valence-electron chi connectivity index (χ2n) is 6.43. The number of amides is 1. The Morgan fingerprint density at radius 3 is 2.77 bits per heavy atom. The Kier molecular flexibility index (Phi) is 5.73. The van der Waals surface area contributed by atoms with Gasteiger partial charge >= 0.3 is 0 Å². The van der Waals surface area contributed by atoms with Gasteiger partial charge in [-0.2, -0.15) is 9.40 Å². The summed E-state index contributed by atoms with van der Waals surface area (Å²) in [6.07, 6.45) is 6.38. The molecule has 1 aromatic carbocycles. The highest BCUT2D eigenvalue weighted by atomic mass is 32.2. The number of aryl methyl sites for hydroxylation is 1. The number of sulfonamides is 1. The predicted octanol–water partition coefficient (Wildman–Crippen LogP) is 2.01. The largest absolute Gasteiger partial charge is 0.348 e. The molecule has 2 aromatic rings. The lowest BCUT2D eigenvalue weighted by Gasteiger charge is -2.16. The van der Waals surface area contributed by atoms with Crippen molar-refractivity contribution in [3.05, 3.63) is 47.8 Å². The van der Waals surface area contributed by atoms with Crippen LogP contribution in [0.2, 0.25) is 0 Å². The monoisotopic (exact) mass is 376 g/mol. The third kappa shape index (κ3) is 4.13. The third-order valence-electron chi connectivity index (χ3n) is 4.39. The van der Waals surface area contributed by atoms with E-state index in [4.69, 9.17) is 0 Å². The fourth-order valence-corrected chi connectivity index (χ4v) is 4.57. The van der Waals surface area contributed by atoms with E-state index in [1.165, 1.54) is 10.4 Å². The summed E-state index contributed by atoms with van der Waals surface area (Å²) in [5.74, 6) is -0.299. The summed E-state index contributed by atoms with van der Waals surface area (Å²) in [4.78, 5) is 12.6. The summed E-state index contributed by atoms with van der Waals surface area (Å²) < 4.78 is 28.6. The van der Waals surface area contributed by atoms with Crippen molar-refractivity contribution in [1.29, 1.82) is 0 Å². The Morgan fingerprint density at radius 1 is 1.27 bits per heavy atom. The van der Waals surface area contributed by atoms with Crippen LogP contribution >= 0.6 is 0 Å². The second-order valence-corrected chi connectivity index (χ2v) is 8.37. The van der Waals surface area contributed by atoms with Gasteiger partial charge in [0.15, 0.2) is 0 Å². The zero-order valence-electron chi connectivity index (χ0n) is 14.9. The number of benzene rings is 1. The van der Waals surface area contributed by atoms with Crippen LogP contribution in [0.25, 0.3) is 0 Å². The lowest BCUT2D eigenvalue weighted by Crippen LogP contribution is -2.28. The average molecular weight is 376 g/mol. The normalized spacial score (nSPS) is 15.3. The molecule has 0 atom stereocenters. The highest BCUT2D eigenvalue weighted by Crippen LogP contribution is 2.21. The zero-order chi connectivity index (χ0) is 18.6. The first kappa shape index (κ1) is 18.6. The van der Waals surface area contributed by atoms with Gasteiger partial charge in [0, 0.05) is 43.5 Å². The molecule has 1 aromatic heterocycles. The first-order valence-electron chi connectivity index (χ1n) is 8.90. The van der Waals surface area contributed by atoms with Crippen LogP contribution in [-0.2, 0) is 23.1 Å². The molecule has 0 radical (unpaired) electrons. The molecule has 1 saturated heterocycles. The Labute approximate surface area is 154 Å². The number of carbonyl (C=O) groups excluding carboxylic acids is 1. The molecule has 0 bridgehead atoms. The highest BCUT2D eigenvalue weighted by molar-refractivity contribution is 7.89. The first-order chi connectivity index (χ1) is 12.5. The molecule has 8 heteroatoms. The van der Waals surface area contributed by atoms with Gasteiger partial charge in [-0.1, -0.05) is 13.0 Å². The molecule has 0 aliphatic carbocycles. The highest BCUT2D eigenvalue weighted by Gasteiger charge is 2.27. The molecular weight excluding hydrogens is 352 g/mol. The summed E-state index contributed by atoms with van der Waals surface area (Å²) in [6, 6.07) is 6.22. The standard InChI is InChI=1S/C18H24N4O3S/c1-2-8-21-14-15(13-20-21)12-19-18(23)16-6-5-7-17(11-16)26(24,25)22-9-3-4-10-22/h5-7,11,13-14H,2-4,8-10,12H2,1H3,(H,19,23). The Morgan fingerprint density at radius 2 is 2.04 bits per heavy atom. The van der Waals surface area contributed by atoms with Crippen molar-refractivity contribution in [1.82, 2.24) is 19.4 Å². The molecule has 26 heavy (non-hydrogen) atoms. The summed E-state index contributed by atoms with van der Waals surface area (Å²) in [7, 11) is -3.52. The minimum absolute atomic E-state index is 0.169. The molecule has 1 N–H and O–H groups in total. The van der Waals surface area contributed by atoms with Gasteiger partial charge < -0.3 is 5.32 Å². The predicted molar refractivity (Wildman–Crippen MR) is 98.1 cm³/mol. The molecule has 0 spiro atoms. The van der Waals surface area contributed by atoms with Gasteiger partial charge in [-0.15, -0.1) is 0 Å². The molecule has 3 rings (SSSR count). The van der Waals surface area contributed by atoms with Crippen molar-refractivity contribution in [2.75, 3.05) is 13.1 Å². The lowest BCUT2D eigenvalue weighted by atomic mass is 10.2. The number of carbonyl (C=O) groups is 1. The third-order valence-corrected chi connectivity index (χ3v) is 6.29. The Hall–Kier alpha value is -2.19. The summed E-state index contributed by atoms with van der Waals surface area (Å²) in [5.41, 5.74) is 1.25. The van der Waals surface area contributed by atoms with Gasteiger partial charge in [-0.05, 0) is 37.5 Å². The van der Waals surface area contributed by atoms with Gasteiger partial charge in [-0.25, -0.2) is 8.42 Å². The van der Waals surface area contributed by atoms with E-state index in [0.29, 0.717) is 25.2 Å². The quantitative estimate of drug-likeness (QED) is 0.801. The van der Waals surface area contributed by atoms with Crippen LogP contribution in [0.5, 0.6) is 0 Å². The van der Waals surface area contributed by atoms with Crippen LogP contribution in [0.4, 0.5) is 0 Å². The van der Waals surface area contributed by atoms with Crippen molar-refractivity contribution in [2.45, 2.75) is 44.2 Å². The van der Waals surface area contributed by atoms with Gasteiger partial charge in [-0.3, -0.25) is 9.48 Å². The van der Waals surface area contributed by atoms with Crippen molar-refractivity contribution < 1.29 is 13.2 Å². The summed E-state index contributed by atoms with van der Waals surface area (Å²) in [5, 5.41) is 7.05. The van der Waals surface area contributed by atoms with Gasteiger partial charge in [0.25, 0.3) is 5.91 Å². The maximum absolute atomic E-state index is 12.6. The molecule has 7 nitrogen and oxygen atoms in total. The molecule has 0 saturated carbocycles. The number of nitrogens with zero attached hydrogens (tertiary/aromatic N) is 3. The van der Waals surface area contributed by atoms with Crippen LogP contribution in [-0.4, -0.2) is 41.5 Å². The van der Waals surface area contributed by atoms with Crippen molar-refractivity contribution in [3.63, 3.8) is 0 Å². The maximum Gasteiger partial charge on any atom is 0.251 e. The number of nitrogens with one attached hydrogen (secondary N) is 1. The van der Waals surface area contributed by atoms with E-state index in [2.05, 4.69) is 17.3 Å². The first-order valence-corrected chi connectivity index (χ1v) is 10.3. The van der Waals surface area contributed by atoms with Crippen molar-refractivity contribution in [2.24, 2.45) is 0 Å². The van der Waals surface area contributed by atoms with Gasteiger partial charge in [0.1, 0.15) is 0 Å². The van der Waals surface area contributed by atoms with E-state index >= 15 is 0 Å². The number of hydrogen-bond acceptors (Lipinski definition) is 4. The fourth-order valence-electron chi connectivity index (χ4n) is 3.01. The SMILES string of the molecule is CCCn1cc(CNC(=O)c2cccc(S(=O)(=O)N3CCCC3)c2)cn1. The van der Waals surface area contributed by atoms with E-state index in [-0.39, 0.29) is 10.8 Å². The van der Waals surface area contributed by atoms with Crippen LogP contribution < -0.4 is 5.32 Å². The summed E-state index contributed by atoms with van der Waals surface area (Å²) >= 11 is 0. The smallest absolute Gasteiger partial charge is 0.251 e. The van der Waals surface area contributed by atoms with Crippen LogP contribution in [0.15, 0.2) is 41.6 Å². The van der Waals surface area contributed by atoms with Crippen LogP contribution in [0.3, 0.4) is 0 Å². The van der Waals surface area contributed by atoms with Gasteiger partial charge in [0.2, 0.25) is 10.0 Å².